The van der Waals surface area contributed by atoms with E-state index in [9.17, 15) is 29.8 Å². The maximum Gasteiger partial charge on any atom is 0.339 e. The first-order valence-electron chi connectivity index (χ1n) is 12.9. The van der Waals surface area contributed by atoms with Crippen molar-refractivity contribution in [3.05, 3.63) is 17.7 Å². The fourth-order valence-electron chi connectivity index (χ4n) is 4.97. The van der Waals surface area contributed by atoms with E-state index in [2.05, 4.69) is 5.32 Å². The molecule has 35 heavy (non-hydrogen) atoms. The molecule has 1 atom stereocenters. The molecule has 0 saturated heterocycles. The highest BCUT2D eigenvalue weighted by Gasteiger charge is 2.38. The summed E-state index contributed by atoms with van der Waals surface area (Å²) >= 11 is 0. The third-order valence-electron chi connectivity index (χ3n) is 6.70. The number of hydrogen-bond acceptors (Lipinski definition) is 8. The van der Waals surface area contributed by atoms with Crippen molar-refractivity contribution >= 4 is 13.6 Å². The Labute approximate surface area is 208 Å². The molecule has 0 radical (unpaired) electrons. The maximum atomic E-state index is 12.6. The summed E-state index contributed by atoms with van der Waals surface area (Å²) in [6.45, 7) is 2.95. The number of nitrogens with two attached hydrogens (primary N) is 1. The van der Waals surface area contributed by atoms with Crippen molar-refractivity contribution in [3.63, 3.8) is 0 Å². The number of carbonyl (C=O) groups excluding carboxylic acids is 1. The van der Waals surface area contributed by atoms with E-state index >= 15 is 0 Å². The molecule has 0 heterocycles. The molecule has 1 unspecified atom stereocenters. The molecule has 0 aromatic heterocycles. The predicted octanol–water partition coefficient (Wildman–Crippen LogP) is 2.95. The normalized spacial score (nSPS) is 18.5. The van der Waals surface area contributed by atoms with Gasteiger partial charge in [0.2, 0.25) is 0 Å². The van der Waals surface area contributed by atoms with Gasteiger partial charge < -0.3 is 39.6 Å². The van der Waals surface area contributed by atoms with E-state index in [0.717, 1.165) is 24.2 Å². The SMILES string of the molecule is C1CCC([NH2+]C2CCCCC2)CC1.CCOP(=O)(OCC)C(Cc1c(O)cc(O)cc1O)C(=O)[O-]. The Morgan fingerprint density at radius 3 is 1.74 bits per heavy atom. The molecule has 0 bridgehead atoms. The van der Waals surface area contributed by atoms with Crippen molar-refractivity contribution in [2.24, 2.45) is 0 Å². The summed E-state index contributed by atoms with van der Waals surface area (Å²) in [6, 6.07) is 3.84. The number of phenols is 3. The zero-order chi connectivity index (χ0) is 25.8. The highest BCUT2D eigenvalue weighted by atomic mass is 31.2. The molecular formula is C25H42NO8P. The second kappa shape index (κ2) is 14.7. The van der Waals surface area contributed by atoms with Crippen LogP contribution in [0.5, 0.6) is 17.2 Å². The van der Waals surface area contributed by atoms with Gasteiger partial charge in [0.1, 0.15) is 22.9 Å². The van der Waals surface area contributed by atoms with Gasteiger partial charge in [0.05, 0.1) is 31.3 Å². The first-order valence-corrected chi connectivity index (χ1v) is 14.5. The molecule has 5 N–H and O–H groups in total. The number of aromatic hydroxyl groups is 3. The molecule has 2 aliphatic rings. The van der Waals surface area contributed by atoms with Gasteiger partial charge in [-0.1, -0.05) is 12.8 Å². The zero-order valence-electron chi connectivity index (χ0n) is 21.0. The molecule has 0 aliphatic heterocycles. The Hall–Kier alpha value is -1.80. The van der Waals surface area contributed by atoms with E-state index < -0.39 is 42.9 Å². The summed E-state index contributed by atoms with van der Waals surface area (Å²) in [5.41, 5.74) is -1.92. The monoisotopic (exact) mass is 515 g/mol. The van der Waals surface area contributed by atoms with Crippen LogP contribution in [0.15, 0.2) is 12.1 Å². The smallest absolute Gasteiger partial charge is 0.339 e. The summed E-state index contributed by atoms with van der Waals surface area (Å²) in [5, 5.41) is 42.7. The first-order chi connectivity index (χ1) is 16.7. The third kappa shape index (κ3) is 9.30. The number of carboxylic acid groups (broad SMARTS) is 1. The highest BCUT2D eigenvalue weighted by molar-refractivity contribution is 7.55. The molecule has 0 spiro atoms. The molecule has 0 amide bonds. The number of carboxylic acids is 1. The summed E-state index contributed by atoms with van der Waals surface area (Å²) in [7, 11) is -4.05. The van der Waals surface area contributed by atoms with E-state index in [4.69, 9.17) is 9.05 Å². The molecule has 10 heteroatoms. The third-order valence-corrected chi connectivity index (χ3v) is 9.09. The fraction of sp³-hybridized carbons (Fsp3) is 0.720. The van der Waals surface area contributed by atoms with Crippen LogP contribution in [0.1, 0.15) is 83.6 Å². The largest absolute Gasteiger partial charge is 0.549 e. The van der Waals surface area contributed by atoms with Crippen LogP contribution in [-0.2, 0) is 24.8 Å². The standard InChI is InChI=1S/C13H19O8P.C12H23N/c1-3-20-22(19,21-4-2)12(13(17)18)7-9-10(15)5-8(14)6-11(9)16;1-3-7-11(8-4-1)13-12-9-5-2-6-10-12/h5-6,12,14-16H,3-4,7H2,1-2H3,(H,17,18);11-13H,1-10H2. The van der Waals surface area contributed by atoms with E-state index in [1.165, 1.54) is 78.1 Å². The molecule has 3 rings (SSSR count). The lowest BCUT2D eigenvalue weighted by Crippen LogP contribution is -2.95. The molecule has 200 valence electrons. The second-order valence-electron chi connectivity index (χ2n) is 9.37. The molecule has 1 aromatic carbocycles. The van der Waals surface area contributed by atoms with Crippen molar-refractivity contribution in [3.8, 4) is 17.2 Å². The van der Waals surface area contributed by atoms with Gasteiger partial charge in [0, 0.05) is 17.7 Å². The number of phenolic OH excluding ortho intramolecular Hbond substituents is 3. The molecule has 2 fully saturated rings. The summed E-state index contributed by atoms with van der Waals surface area (Å²) in [6.07, 6.45) is 14.4. The minimum absolute atomic E-state index is 0.0470. The summed E-state index contributed by atoms with van der Waals surface area (Å²) in [5.74, 6) is -3.18. The number of aliphatic carboxylic acids is 1. The van der Waals surface area contributed by atoms with E-state index in [-0.39, 0.29) is 18.8 Å². The minimum atomic E-state index is -4.05. The van der Waals surface area contributed by atoms with E-state index in [1.54, 1.807) is 0 Å². The van der Waals surface area contributed by atoms with Crippen LogP contribution >= 0.6 is 7.60 Å². The average Bonchev–Trinajstić information content (AvgIpc) is 2.80. The van der Waals surface area contributed by atoms with Gasteiger partial charge in [-0.25, -0.2) is 0 Å². The van der Waals surface area contributed by atoms with Crippen LogP contribution in [-0.4, -0.2) is 52.2 Å². The van der Waals surface area contributed by atoms with Crippen molar-refractivity contribution in [1.29, 1.82) is 0 Å². The van der Waals surface area contributed by atoms with Crippen molar-refractivity contribution in [2.45, 2.75) is 102 Å². The lowest BCUT2D eigenvalue weighted by Gasteiger charge is -2.27. The van der Waals surface area contributed by atoms with Gasteiger partial charge in [-0.3, -0.25) is 4.57 Å². The van der Waals surface area contributed by atoms with Crippen molar-refractivity contribution in [2.75, 3.05) is 13.2 Å². The predicted molar refractivity (Wildman–Crippen MR) is 130 cm³/mol. The maximum absolute atomic E-state index is 12.6. The quantitative estimate of drug-likeness (QED) is 0.347. The second-order valence-corrected chi connectivity index (χ2v) is 11.6. The fourth-order valence-corrected chi connectivity index (χ4v) is 6.79. The number of benzene rings is 1. The average molecular weight is 516 g/mol. The Balaban J connectivity index is 0.000000279. The molecule has 9 nitrogen and oxygen atoms in total. The van der Waals surface area contributed by atoms with Crippen LogP contribution in [0, 0.1) is 0 Å². The Kier molecular flexibility index (Phi) is 12.3. The first kappa shape index (κ1) is 29.4. The molecule has 2 aliphatic carbocycles. The van der Waals surface area contributed by atoms with Gasteiger partial charge >= 0.3 is 7.60 Å². The molecule has 2 saturated carbocycles. The topological polar surface area (TPSA) is 153 Å². The summed E-state index contributed by atoms with van der Waals surface area (Å²) < 4.78 is 22.5. The minimum Gasteiger partial charge on any atom is -0.549 e. The van der Waals surface area contributed by atoms with Gasteiger partial charge in [-0.2, -0.15) is 0 Å². The van der Waals surface area contributed by atoms with Gasteiger partial charge in [0.25, 0.3) is 0 Å². The molecule has 1 aromatic rings. The zero-order valence-corrected chi connectivity index (χ0v) is 21.9. The van der Waals surface area contributed by atoms with Crippen molar-refractivity contribution < 1.29 is 44.1 Å². The van der Waals surface area contributed by atoms with E-state index in [0.29, 0.717) is 0 Å². The van der Waals surface area contributed by atoms with Crippen molar-refractivity contribution in [1.82, 2.24) is 0 Å². The lowest BCUT2D eigenvalue weighted by atomic mass is 9.91. The number of hydrogen-bond donors (Lipinski definition) is 4. The van der Waals surface area contributed by atoms with Crippen LogP contribution in [0.4, 0.5) is 0 Å². The van der Waals surface area contributed by atoms with Gasteiger partial charge in [-0.05, 0) is 71.6 Å². The Bertz CT molecular complexity index is 788. The lowest BCUT2D eigenvalue weighted by molar-refractivity contribution is -0.725. The van der Waals surface area contributed by atoms with Crippen LogP contribution < -0.4 is 10.4 Å². The van der Waals surface area contributed by atoms with E-state index in [1.807, 2.05) is 0 Å². The number of quaternary nitrogens is 1. The number of rotatable bonds is 10. The molecular weight excluding hydrogens is 473 g/mol. The van der Waals surface area contributed by atoms with Gasteiger partial charge in [0.15, 0.2) is 0 Å². The highest BCUT2D eigenvalue weighted by Crippen LogP contribution is 2.54. The summed E-state index contributed by atoms with van der Waals surface area (Å²) in [4.78, 5) is 11.3. The Morgan fingerprint density at radius 1 is 0.943 bits per heavy atom. The Morgan fingerprint density at radius 2 is 1.37 bits per heavy atom. The number of carbonyl (C=O) groups is 1. The van der Waals surface area contributed by atoms with Gasteiger partial charge in [-0.15, -0.1) is 0 Å². The van der Waals surface area contributed by atoms with Crippen LogP contribution in [0.3, 0.4) is 0 Å². The van der Waals surface area contributed by atoms with Crippen LogP contribution in [0.2, 0.25) is 0 Å². The van der Waals surface area contributed by atoms with Crippen LogP contribution in [0.25, 0.3) is 0 Å².